The second-order valence-corrected chi connectivity index (χ2v) is 8.60. The highest BCUT2D eigenvalue weighted by atomic mass is 19.1. The number of piperazine rings is 1. The first-order valence-corrected chi connectivity index (χ1v) is 10.8. The molecule has 0 radical (unpaired) electrons. The van der Waals surface area contributed by atoms with Crippen LogP contribution < -0.4 is 4.90 Å². The lowest BCUT2D eigenvalue weighted by atomic mass is 9.77. The average Bonchev–Trinajstić information content (AvgIpc) is 3.02. The number of carbonyl (C=O) groups excluding carboxylic acids is 1. The van der Waals surface area contributed by atoms with Gasteiger partial charge in [-0.25, -0.2) is 9.37 Å². The number of rotatable bonds is 5. The zero-order valence-corrected chi connectivity index (χ0v) is 17.2. The minimum absolute atomic E-state index is 0.0211. The van der Waals surface area contributed by atoms with Crippen LogP contribution in [0.2, 0.25) is 0 Å². The lowest BCUT2D eigenvalue weighted by Gasteiger charge is -2.43. The lowest BCUT2D eigenvalue weighted by Crippen LogP contribution is -2.56. The normalized spacial score (nSPS) is 23.9. The molecule has 8 heteroatoms. The van der Waals surface area contributed by atoms with Crippen molar-refractivity contribution in [3.8, 4) is 6.07 Å². The predicted octanol–water partition coefficient (Wildman–Crippen LogP) is 2.76. The Morgan fingerprint density at radius 1 is 1.23 bits per heavy atom. The first-order chi connectivity index (χ1) is 15.1. The number of hydrogen-bond acceptors (Lipinski definition) is 6. The standard InChI is InChI=1S/C23H24FN5O2/c24-17-6-9-26-20(10-17)23(7-1-8-23)31-15-22(30)28-13-18-3-4-19(14-28)29(18)21-5-2-16(11-25)12-27-21/h2,5-6,9-10,12,18-19H,1,3-4,7-8,13-15H2. The van der Waals surface area contributed by atoms with E-state index < -0.39 is 5.60 Å². The van der Waals surface area contributed by atoms with Crippen LogP contribution in [0.25, 0.3) is 0 Å². The fourth-order valence-corrected chi connectivity index (χ4v) is 5.00. The Balaban J connectivity index is 1.23. The molecule has 7 nitrogen and oxygen atoms in total. The van der Waals surface area contributed by atoms with Gasteiger partial charge in [-0.1, -0.05) is 0 Å². The van der Waals surface area contributed by atoms with Gasteiger partial charge in [-0.2, -0.15) is 5.26 Å². The zero-order chi connectivity index (χ0) is 21.4. The number of halogens is 1. The van der Waals surface area contributed by atoms with E-state index in [1.807, 2.05) is 11.0 Å². The Kier molecular flexibility index (Phi) is 5.06. The minimum Gasteiger partial charge on any atom is -0.359 e. The molecule has 1 amide bonds. The van der Waals surface area contributed by atoms with Crippen molar-refractivity contribution in [2.75, 3.05) is 24.6 Å². The zero-order valence-electron chi connectivity index (χ0n) is 17.2. The molecular weight excluding hydrogens is 397 g/mol. The van der Waals surface area contributed by atoms with Crippen molar-refractivity contribution in [3.05, 3.63) is 53.7 Å². The Morgan fingerprint density at radius 3 is 2.58 bits per heavy atom. The number of nitriles is 1. The van der Waals surface area contributed by atoms with E-state index in [4.69, 9.17) is 10.00 Å². The molecule has 4 heterocycles. The van der Waals surface area contributed by atoms with Crippen LogP contribution in [0.4, 0.5) is 10.2 Å². The third-order valence-electron chi connectivity index (χ3n) is 6.80. The summed E-state index contributed by atoms with van der Waals surface area (Å²) in [4.78, 5) is 25.9. The number of aromatic nitrogens is 2. The van der Waals surface area contributed by atoms with E-state index >= 15 is 0 Å². The van der Waals surface area contributed by atoms with Crippen molar-refractivity contribution in [3.63, 3.8) is 0 Å². The number of likely N-dealkylation sites (tertiary alicyclic amines) is 1. The van der Waals surface area contributed by atoms with Gasteiger partial charge in [0.2, 0.25) is 5.91 Å². The summed E-state index contributed by atoms with van der Waals surface area (Å²) in [5.74, 6) is 0.489. The largest absolute Gasteiger partial charge is 0.359 e. The molecule has 2 aromatic heterocycles. The van der Waals surface area contributed by atoms with E-state index in [0.29, 0.717) is 24.3 Å². The molecule has 0 N–H and O–H groups in total. The molecule has 0 spiro atoms. The maximum Gasteiger partial charge on any atom is 0.248 e. The van der Waals surface area contributed by atoms with E-state index in [-0.39, 0.29) is 30.4 Å². The molecule has 31 heavy (non-hydrogen) atoms. The summed E-state index contributed by atoms with van der Waals surface area (Å²) in [5, 5.41) is 8.98. The summed E-state index contributed by atoms with van der Waals surface area (Å²) in [6, 6.07) is 8.92. The monoisotopic (exact) mass is 421 g/mol. The van der Waals surface area contributed by atoms with Crippen LogP contribution in [0.3, 0.4) is 0 Å². The Hall–Kier alpha value is -3.05. The highest BCUT2D eigenvalue weighted by Crippen LogP contribution is 2.44. The van der Waals surface area contributed by atoms with E-state index in [1.165, 1.54) is 18.3 Å². The molecule has 2 saturated heterocycles. The van der Waals surface area contributed by atoms with Gasteiger partial charge >= 0.3 is 0 Å². The summed E-state index contributed by atoms with van der Waals surface area (Å²) in [5.41, 5.74) is 0.466. The highest BCUT2D eigenvalue weighted by molar-refractivity contribution is 5.78. The van der Waals surface area contributed by atoms with Crippen molar-refractivity contribution in [1.82, 2.24) is 14.9 Å². The Morgan fingerprint density at radius 2 is 2.00 bits per heavy atom. The fourth-order valence-electron chi connectivity index (χ4n) is 5.00. The van der Waals surface area contributed by atoms with Gasteiger partial charge in [-0.15, -0.1) is 0 Å². The highest BCUT2D eigenvalue weighted by Gasteiger charge is 2.44. The molecule has 1 aliphatic carbocycles. The first kappa shape index (κ1) is 19.9. The van der Waals surface area contributed by atoms with Gasteiger partial charge in [0.1, 0.15) is 29.9 Å². The first-order valence-electron chi connectivity index (χ1n) is 10.8. The molecule has 5 rings (SSSR count). The number of pyridine rings is 2. The fraction of sp³-hybridized carbons (Fsp3) is 0.478. The molecule has 2 atom stereocenters. The summed E-state index contributed by atoms with van der Waals surface area (Å²) >= 11 is 0. The molecule has 2 bridgehead atoms. The van der Waals surface area contributed by atoms with Crippen molar-refractivity contribution >= 4 is 11.7 Å². The van der Waals surface area contributed by atoms with Crippen LogP contribution in [0, 0.1) is 17.1 Å². The van der Waals surface area contributed by atoms with Gasteiger partial charge in [0, 0.05) is 37.6 Å². The second kappa shape index (κ2) is 7.89. The third kappa shape index (κ3) is 3.63. The number of anilines is 1. The van der Waals surface area contributed by atoms with E-state index in [0.717, 1.165) is 37.9 Å². The number of ether oxygens (including phenoxy) is 1. The van der Waals surface area contributed by atoms with E-state index in [2.05, 4.69) is 20.9 Å². The van der Waals surface area contributed by atoms with Gasteiger partial charge in [0.15, 0.2) is 0 Å². The van der Waals surface area contributed by atoms with Crippen LogP contribution >= 0.6 is 0 Å². The topological polar surface area (TPSA) is 82.4 Å². The third-order valence-corrected chi connectivity index (χ3v) is 6.80. The molecular formula is C23H24FN5O2. The SMILES string of the molecule is N#Cc1ccc(N2C3CCC2CN(C(=O)COC2(c4cc(F)ccn4)CCC2)C3)nc1. The quantitative estimate of drug-likeness (QED) is 0.738. The molecule has 3 aliphatic rings. The van der Waals surface area contributed by atoms with E-state index in [9.17, 15) is 9.18 Å². The Labute approximate surface area is 180 Å². The lowest BCUT2D eigenvalue weighted by molar-refractivity contribution is -0.155. The number of carbonyl (C=O) groups is 1. The maximum atomic E-state index is 13.7. The van der Waals surface area contributed by atoms with Crippen molar-refractivity contribution in [2.24, 2.45) is 0 Å². The van der Waals surface area contributed by atoms with Gasteiger partial charge < -0.3 is 14.5 Å². The molecule has 160 valence electrons. The summed E-state index contributed by atoms with van der Waals surface area (Å²) in [7, 11) is 0. The van der Waals surface area contributed by atoms with E-state index in [1.54, 1.807) is 12.3 Å². The minimum atomic E-state index is -0.648. The number of amides is 1. The maximum absolute atomic E-state index is 13.7. The average molecular weight is 421 g/mol. The van der Waals surface area contributed by atoms with Crippen LogP contribution in [0.5, 0.6) is 0 Å². The van der Waals surface area contributed by atoms with Crippen molar-refractivity contribution in [2.45, 2.75) is 49.8 Å². The van der Waals surface area contributed by atoms with Gasteiger partial charge in [-0.05, 0) is 56.4 Å². The van der Waals surface area contributed by atoms with Crippen molar-refractivity contribution < 1.29 is 13.9 Å². The van der Waals surface area contributed by atoms with Crippen LogP contribution in [0.1, 0.15) is 43.4 Å². The number of fused-ring (bicyclic) bond motifs is 2. The van der Waals surface area contributed by atoms with Crippen LogP contribution in [-0.2, 0) is 15.1 Å². The molecule has 1 saturated carbocycles. The van der Waals surface area contributed by atoms with Crippen LogP contribution in [-0.4, -0.2) is 52.6 Å². The Bertz CT molecular complexity index is 1000. The van der Waals surface area contributed by atoms with Gasteiger partial charge in [0.05, 0.1) is 11.3 Å². The predicted molar refractivity (Wildman–Crippen MR) is 110 cm³/mol. The van der Waals surface area contributed by atoms with Crippen molar-refractivity contribution in [1.29, 1.82) is 5.26 Å². The number of nitrogens with zero attached hydrogens (tertiary/aromatic N) is 5. The summed E-state index contributed by atoms with van der Waals surface area (Å²) in [6.45, 7) is 1.24. The van der Waals surface area contributed by atoms with Gasteiger partial charge in [-0.3, -0.25) is 9.78 Å². The van der Waals surface area contributed by atoms with Gasteiger partial charge in [0.25, 0.3) is 0 Å². The summed E-state index contributed by atoms with van der Waals surface area (Å²) < 4.78 is 19.7. The summed E-state index contributed by atoms with van der Waals surface area (Å²) in [6.07, 6.45) is 7.54. The second-order valence-electron chi connectivity index (χ2n) is 8.60. The van der Waals surface area contributed by atoms with Crippen LogP contribution in [0.15, 0.2) is 36.7 Å². The molecule has 2 unspecified atom stereocenters. The molecule has 0 aromatic carbocycles. The molecule has 3 fully saturated rings. The molecule has 2 aromatic rings. The number of hydrogen-bond donors (Lipinski definition) is 0. The molecule has 2 aliphatic heterocycles. The smallest absolute Gasteiger partial charge is 0.248 e.